The molecule has 0 saturated carbocycles. The predicted octanol–water partition coefficient (Wildman–Crippen LogP) is 24.7. The molecular weight excluding hydrogens is 1140 g/mol. The maximum absolute atomic E-state index is 3.76. The number of hydrogen-bond donors (Lipinski definition) is 0. The van der Waals surface area contributed by atoms with Crippen LogP contribution in [-0.4, -0.2) is 17.0 Å². The molecule has 95 heavy (non-hydrogen) atoms. The Kier molecular flexibility index (Phi) is 4.45. The minimum Gasteiger partial charge on any atom is -0.289 e. The van der Waals surface area contributed by atoms with Gasteiger partial charge in [0.25, 0.3) is 0 Å². The lowest BCUT2D eigenvalue weighted by molar-refractivity contribution is 0.0542. The van der Waals surface area contributed by atoms with Crippen LogP contribution >= 0.6 is 0 Å². The molecule has 37 rings (SSSR count). The molecule has 3 unspecified atom stereocenters. The van der Waals surface area contributed by atoms with Gasteiger partial charge in [0.1, 0.15) is 0 Å². The highest BCUT2D eigenvalue weighted by atomic mass is 15.3. The van der Waals surface area contributed by atoms with E-state index in [1.807, 2.05) is 0 Å². The van der Waals surface area contributed by atoms with E-state index < -0.39 is 5.41 Å². The van der Waals surface area contributed by atoms with Crippen molar-refractivity contribution in [3.05, 3.63) is 130 Å². The highest BCUT2D eigenvalue weighted by molar-refractivity contribution is 6.82. The van der Waals surface area contributed by atoms with Crippen LogP contribution in [0.3, 0.4) is 0 Å². The monoisotopic (exact) mass is 1180 g/mol. The van der Waals surface area contributed by atoms with Gasteiger partial charge in [0.05, 0.1) is 16.9 Å². The van der Waals surface area contributed by atoms with E-state index in [9.17, 15) is 0 Å². The third-order valence-electron chi connectivity index (χ3n) is 31.0. The van der Waals surface area contributed by atoms with Crippen LogP contribution in [-0.2, 0) is 10.8 Å². The summed E-state index contributed by atoms with van der Waals surface area (Å²) in [6, 6.07) is 34.6. The molecule has 0 radical (unpaired) electrons. The second-order valence-corrected chi connectivity index (χ2v) is 35.1. The van der Waals surface area contributed by atoms with Crippen LogP contribution in [0.2, 0.25) is 0 Å². The molecule has 1 saturated heterocycles. The second kappa shape index (κ2) is 10.3. The summed E-state index contributed by atoms with van der Waals surface area (Å²) < 4.78 is 0. The average molecular weight is 1180 g/mol. The highest BCUT2D eigenvalue weighted by Gasteiger charge is 2.77. The van der Waals surface area contributed by atoms with Gasteiger partial charge in [-0.05, 0) is 403 Å². The lowest BCUT2D eigenvalue weighted by Gasteiger charge is -2.51. The Morgan fingerprint density at radius 1 is 0.295 bits per heavy atom. The third-order valence-corrected chi connectivity index (χ3v) is 31.0. The van der Waals surface area contributed by atoms with Gasteiger partial charge in [-0.25, -0.2) is 0 Å². The topological polar surface area (TPSA) is 3.24 Å². The van der Waals surface area contributed by atoms with Gasteiger partial charge in [-0.1, -0.05) is 87.2 Å². The Morgan fingerprint density at radius 2 is 0.568 bits per heavy atom. The van der Waals surface area contributed by atoms with Crippen LogP contribution in [0.4, 0.5) is 0 Å². The minimum absolute atomic E-state index is 0.0282. The summed E-state index contributed by atoms with van der Waals surface area (Å²) in [6.45, 7) is 13.9. The van der Waals surface area contributed by atoms with Gasteiger partial charge in [-0.3, -0.25) is 4.90 Å². The number of hydrogen-bond acceptors (Lipinski definition) is 1. The fourth-order valence-electron chi connectivity index (χ4n) is 30.2. The summed E-state index contributed by atoms with van der Waals surface area (Å²) >= 11 is 0. The van der Waals surface area contributed by atoms with Gasteiger partial charge in [0.15, 0.2) is 0 Å². The van der Waals surface area contributed by atoms with Gasteiger partial charge >= 0.3 is 0 Å². The minimum atomic E-state index is -0.451. The van der Waals surface area contributed by atoms with E-state index in [0.717, 1.165) is 24.1 Å². The molecule has 0 aromatic heterocycles. The zero-order valence-corrected chi connectivity index (χ0v) is 51.6. The highest BCUT2D eigenvalue weighted by Crippen LogP contribution is 2.87. The van der Waals surface area contributed by atoms with Crippen molar-refractivity contribution < 1.29 is 0 Å². The molecule has 0 bridgehead atoms. The van der Waals surface area contributed by atoms with Crippen LogP contribution < -0.4 is 0 Å². The van der Waals surface area contributed by atoms with E-state index >= 15 is 0 Å². The molecule has 0 N–H and O–H groups in total. The molecule has 3 atom stereocenters. The van der Waals surface area contributed by atoms with Gasteiger partial charge < -0.3 is 0 Å². The summed E-state index contributed by atoms with van der Waals surface area (Å²) in [5.74, 6) is 7.44. The van der Waals surface area contributed by atoms with Crippen LogP contribution in [0.25, 0.3) is 313 Å². The summed E-state index contributed by atoms with van der Waals surface area (Å²) in [5, 5.41) is 89.7. The molecule has 7 aliphatic rings. The van der Waals surface area contributed by atoms with Crippen molar-refractivity contribution in [2.45, 2.75) is 63.5 Å². The Hall–Kier alpha value is -10.9. The summed E-state index contributed by atoms with van der Waals surface area (Å²) in [4.78, 5) is 3.23. The van der Waals surface area contributed by atoms with Crippen molar-refractivity contribution in [2.24, 2.45) is 5.41 Å². The summed E-state index contributed by atoms with van der Waals surface area (Å²) in [7, 11) is 0. The third kappa shape index (κ3) is 2.80. The van der Waals surface area contributed by atoms with Gasteiger partial charge in [0.2, 0.25) is 0 Å². The first-order valence-electron chi connectivity index (χ1n) is 35.4. The number of likely N-dealkylation sites (tertiary alicyclic amines) is 1. The number of benzene rings is 19. The fourth-order valence-corrected chi connectivity index (χ4v) is 30.2. The smallest absolute Gasteiger partial charge is 0.0575 e. The number of rotatable bonds is 4. The van der Waals surface area contributed by atoms with E-state index in [-0.39, 0.29) is 22.4 Å². The Bertz CT molecular complexity index is 9080. The lowest BCUT2D eigenvalue weighted by Crippen LogP contribution is -2.50. The van der Waals surface area contributed by atoms with E-state index in [2.05, 4.69) is 142 Å². The second-order valence-electron chi connectivity index (χ2n) is 35.1. The SMILES string of the molecule is CC(C)(C)CC(C)(C)N1CC23c4c5c6c7c8c9c(c%10c%11c2c2c%12c4c4c%13c5c5c7c7c8c8c%14c9c%10c9c%10c%11c2c2c%11c%12c4c4c%12c%13c5c5c7c7c8c8c%14c9c9c%10c2c2c%11c4c4c%12c5c7c5c8c9c2c45)C63C1c1ccc(C#Cc2ccc(-c3cc4cccccc-4c3)cc2)cc1. The summed E-state index contributed by atoms with van der Waals surface area (Å²) in [6.07, 6.45) is 1.09. The Balaban J connectivity index is 0.792. The largest absolute Gasteiger partial charge is 0.289 e. The van der Waals surface area contributed by atoms with Gasteiger partial charge in [-0.2, -0.15) is 0 Å². The average Bonchev–Trinajstić information content (AvgIpc) is 1.38. The maximum atomic E-state index is 3.76. The molecule has 30 aromatic rings. The van der Waals surface area contributed by atoms with Gasteiger partial charge in [0, 0.05) is 23.2 Å². The molecule has 1 aliphatic heterocycles. The molecule has 30 aromatic carbocycles. The number of fused-ring (bicyclic) bond motifs is 1. The predicted molar refractivity (Wildman–Crippen MR) is 402 cm³/mol. The molecular formula is C94H35N. The van der Waals surface area contributed by atoms with Crippen molar-refractivity contribution in [3.8, 4) is 34.1 Å². The quantitative estimate of drug-likeness (QED) is 0.125. The Morgan fingerprint density at radius 3 is 0.926 bits per heavy atom. The van der Waals surface area contributed by atoms with E-state index in [0.29, 0.717) is 0 Å². The van der Waals surface area contributed by atoms with Crippen molar-refractivity contribution in [1.29, 1.82) is 0 Å². The molecule has 416 valence electrons. The van der Waals surface area contributed by atoms with Crippen LogP contribution in [0, 0.1) is 17.3 Å². The van der Waals surface area contributed by atoms with Crippen molar-refractivity contribution in [3.63, 3.8) is 0 Å². The molecule has 1 heteroatoms. The van der Waals surface area contributed by atoms with Crippen LogP contribution in [0.15, 0.2) is 91.0 Å². The van der Waals surface area contributed by atoms with E-state index in [4.69, 9.17) is 0 Å². The molecule has 2 spiro atoms. The Labute approximate surface area is 531 Å². The van der Waals surface area contributed by atoms with Crippen molar-refractivity contribution in [1.82, 2.24) is 4.90 Å². The molecule has 0 amide bonds. The first kappa shape index (κ1) is 41.0. The van der Waals surface area contributed by atoms with Crippen molar-refractivity contribution >= 4 is 291 Å². The summed E-state index contributed by atoms with van der Waals surface area (Å²) in [5.41, 5.74) is 14.7. The maximum Gasteiger partial charge on any atom is 0.0575 e. The molecule has 1 nitrogen and oxygen atoms in total. The van der Waals surface area contributed by atoms with E-state index in [1.165, 1.54) is 27.8 Å². The standard InChI is InChI=1S/C94H35N/c1-91(2,3)23-92(4,5)95-24-93-86-79-72-60-52-43-34-32-33-35-38(34)47-54(52)62-63-55(47)53-44(35)46-42-37(33)40-39-36(32)41-45(43)58(60)66-64-50(41)48(39)56-57-49(40)51(42)65-67-59(46)61(53)73-75(63)84(83(86)74(62)72)88-81(73)78(67)82-71(65)69(57)76-68(56)70(64)80(77(66)79)87(93)85(76)89(82)94(88,93)90(95)28-19-15-26(16-20-28)12-11-25-13-17-27(18-14-25)31-21-29-9-7-6-8-10-30(29)22-31/h6-10,13-22,90H,23-24H2,1-5H3. The zero-order valence-electron chi connectivity index (χ0n) is 51.6. The zero-order chi connectivity index (χ0) is 59.1. The van der Waals surface area contributed by atoms with Gasteiger partial charge in [-0.15, -0.1) is 0 Å². The normalized spacial score (nSPS) is 21.0. The number of nitrogens with zero attached hydrogens (tertiary/aromatic N) is 1. The fraction of sp³-hybridized carbons (Fsp3) is 0.128. The molecule has 1 heterocycles. The van der Waals surface area contributed by atoms with Crippen LogP contribution in [0.1, 0.15) is 86.0 Å². The molecule has 1 fully saturated rings. The lowest BCUT2D eigenvalue weighted by atomic mass is 9.49. The molecule has 6 aliphatic carbocycles. The van der Waals surface area contributed by atoms with Crippen molar-refractivity contribution in [2.75, 3.05) is 6.54 Å². The van der Waals surface area contributed by atoms with Crippen LogP contribution in [0.5, 0.6) is 0 Å². The van der Waals surface area contributed by atoms with E-state index in [1.54, 1.807) is 313 Å². The first-order valence-corrected chi connectivity index (χ1v) is 35.4. The first-order chi connectivity index (χ1) is 46.6.